The molecule has 0 bridgehead atoms. The minimum atomic E-state index is -0.106. The van der Waals surface area contributed by atoms with Gasteiger partial charge in [0.25, 0.3) is 0 Å². The molecule has 5 heteroatoms. The third-order valence-electron chi connectivity index (χ3n) is 2.10. The van der Waals surface area contributed by atoms with E-state index in [-0.39, 0.29) is 15.9 Å². The van der Waals surface area contributed by atoms with Gasteiger partial charge in [0.2, 0.25) is 0 Å². The molecule has 2 heterocycles. The van der Waals surface area contributed by atoms with E-state index < -0.39 is 0 Å². The Hall–Kier alpha value is -0.458. The van der Waals surface area contributed by atoms with E-state index in [0.29, 0.717) is 0 Å². The first-order chi connectivity index (χ1) is 8.99. The number of halogens is 2. The Morgan fingerprint density at radius 3 is 1.26 bits per heavy atom. The van der Waals surface area contributed by atoms with Crippen LogP contribution >= 0.6 is 19.1 Å². The summed E-state index contributed by atoms with van der Waals surface area (Å²) in [6.07, 6.45) is 3.65. The molecule has 108 valence electrons. The number of hydrogen-bond acceptors (Lipinski definition) is 2. The van der Waals surface area contributed by atoms with Crippen molar-refractivity contribution in [3.05, 3.63) is 59.2 Å². The van der Waals surface area contributed by atoms with Gasteiger partial charge < -0.3 is 0 Å². The van der Waals surface area contributed by atoms with Crippen LogP contribution in [0.4, 0.5) is 0 Å². The first-order valence-corrected chi connectivity index (χ1v) is 9.60. The third-order valence-corrected chi connectivity index (χ3v) is 2.10. The Kier molecular flexibility index (Phi) is 11.1. The topological polar surface area (TPSA) is 25.8 Å². The van der Waals surface area contributed by atoms with Gasteiger partial charge in [0.1, 0.15) is 0 Å². The van der Waals surface area contributed by atoms with Crippen molar-refractivity contribution in [1.82, 2.24) is 9.97 Å². The summed E-state index contributed by atoms with van der Waals surface area (Å²) in [4.78, 5) is 8.08. The Labute approximate surface area is 131 Å². The summed E-state index contributed by atoms with van der Waals surface area (Å²) in [5.41, 5.74) is 4.73. The summed E-state index contributed by atoms with van der Waals surface area (Å²) < 4.78 is 0. The van der Waals surface area contributed by atoms with Gasteiger partial charge in [-0.15, -0.1) is 0 Å². The second-order valence-electron chi connectivity index (χ2n) is 3.99. The molecule has 0 unspecified atom stereocenters. The molecule has 0 aliphatic carbocycles. The van der Waals surface area contributed by atoms with Gasteiger partial charge in [-0.1, -0.05) is 0 Å². The van der Waals surface area contributed by atoms with Gasteiger partial charge in [-0.25, -0.2) is 0 Å². The number of aryl methyl sites for hydroxylation is 4. The molecule has 0 saturated carbocycles. The Morgan fingerprint density at radius 1 is 0.789 bits per heavy atom. The van der Waals surface area contributed by atoms with E-state index in [9.17, 15) is 0 Å². The molecule has 0 saturated heterocycles. The van der Waals surface area contributed by atoms with Crippen molar-refractivity contribution >= 4 is 19.1 Å². The van der Waals surface area contributed by atoms with Crippen molar-refractivity contribution in [2.24, 2.45) is 0 Å². The molecule has 2 aromatic heterocycles. The van der Waals surface area contributed by atoms with Crippen LogP contribution in [0.5, 0.6) is 0 Å². The summed E-state index contributed by atoms with van der Waals surface area (Å²) in [6.45, 7) is 8.11. The molecular formula is C14H18Cl2N2Pd. The van der Waals surface area contributed by atoms with Crippen LogP contribution in [0.25, 0.3) is 0 Å². The molecule has 0 spiro atoms. The zero-order chi connectivity index (χ0) is 14.7. The van der Waals surface area contributed by atoms with Crippen LogP contribution in [0, 0.1) is 27.7 Å². The van der Waals surface area contributed by atoms with Crippen LogP contribution < -0.4 is 0 Å². The Bertz CT molecular complexity index is 401. The van der Waals surface area contributed by atoms with Crippen molar-refractivity contribution in [1.29, 1.82) is 0 Å². The predicted octanol–water partition coefficient (Wildman–Crippen LogP) is 4.77. The summed E-state index contributed by atoms with van der Waals surface area (Å²) in [5.74, 6) is 0. The molecule has 2 aromatic rings. The number of nitrogens with zero attached hydrogens (tertiary/aromatic N) is 2. The summed E-state index contributed by atoms with van der Waals surface area (Å²) in [7, 11) is 9.63. The normalized spacial score (nSPS) is 8.95. The average Bonchev–Trinajstić information content (AvgIpc) is 2.30. The SMILES string of the molecule is Cc1ccnc(C)c1.Cc1ccnc(C)c1.[Cl][Pd][Cl]. The van der Waals surface area contributed by atoms with E-state index >= 15 is 0 Å². The first-order valence-electron chi connectivity index (χ1n) is 5.60. The standard InChI is InChI=1S/2C7H9N.2ClH.Pd/c2*1-6-3-4-8-7(2)5-6;;;/h2*3-5H,1-2H3;2*1H;/q;;;;+2/p-2. The van der Waals surface area contributed by atoms with Gasteiger partial charge >= 0.3 is 35.0 Å². The molecule has 19 heavy (non-hydrogen) atoms. The second kappa shape index (κ2) is 11.4. The van der Waals surface area contributed by atoms with E-state index in [0.717, 1.165) is 11.4 Å². The number of rotatable bonds is 0. The number of pyridine rings is 2. The third kappa shape index (κ3) is 11.1. The molecular weight excluding hydrogens is 373 g/mol. The fourth-order valence-corrected chi connectivity index (χ4v) is 1.37. The fraction of sp³-hybridized carbons (Fsp3) is 0.286. The molecule has 0 aliphatic rings. The van der Waals surface area contributed by atoms with Crippen LogP contribution in [-0.4, -0.2) is 9.97 Å². The van der Waals surface area contributed by atoms with Crippen LogP contribution in [-0.2, 0) is 15.9 Å². The van der Waals surface area contributed by atoms with E-state index in [1.165, 1.54) is 11.1 Å². The maximum atomic E-state index is 4.81. The molecule has 0 radical (unpaired) electrons. The van der Waals surface area contributed by atoms with Crippen molar-refractivity contribution < 1.29 is 15.9 Å². The van der Waals surface area contributed by atoms with Crippen molar-refractivity contribution in [2.75, 3.05) is 0 Å². The molecule has 0 fully saturated rings. The second-order valence-corrected chi connectivity index (χ2v) is 6.35. The van der Waals surface area contributed by atoms with Crippen LogP contribution in [0.1, 0.15) is 22.5 Å². The van der Waals surface area contributed by atoms with Crippen molar-refractivity contribution in [3.63, 3.8) is 0 Å². The van der Waals surface area contributed by atoms with Gasteiger partial charge in [-0.3, -0.25) is 9.97 Å². The van der Waals surface area contributed by atoms with Crippen LogP contribution in [0.2, 0.25) is 0 Å². The van der Waals surface area contributed by atoms with Crippen LogP contribution in [0.15, 0.2) is 36.7 Å². The summed E-state index contributed by atoms with van der Waals surface area (Å²) in [6, 6.07) is 8.10. The van der Waals surface area contributed by atoms with Gasteiger partial charge in [0, 0.05) is 23.8 Å². The molecule has 0 atom stereocenters. The maximum absolute atomic E-state index is 4.81. The van der Waals surface area contributed by atoms with Gasteiger partial charge in [0.15, 0.2) is 0 Å². The average molecular weight is 392 g/mol. The van der Waals surface area contributed by atoms with E-state index in [1.54, 1.807) is 0 Å². The molecule has 2 nitrogen and oxygen atoms in total. The van der Waals surface area contributed by atoms with Gasteiger partial charge in [-0.2, -0.15) is 0 Å². The molecule has 0 N–H and O–H groups in total. The monoisotopic (exact) mass is 390 g/mol. The van der Waals surface area contributed by atoms with E-state index in [2.05, 4.69) is 35.9 Å². The Balaban J connectivity index is 0.000000284. The molecule has 0 amide bonds. The fourth-order valence-electron chi connectivity index (χ4n) is 1.37. The van der Waals surface area contributed by atoms with Crippen molar-refractivity contribution in [3.8, 4) is 0 Å². The zero-order valence-electron chi connectivity index (χ0n) is 11.4. The molecule has 2 rings (SSSR count). The molecule has 0 aliphatic heterocycles. The Morgan fingerprint density at radius 2 is 1.11 bits per heavy atom. The zero-order valence-corrected chi connectivity index (χ0v) is 14.5. The number of hydrogen-bond donors (Lipinski definition) is 0. The minimum absolute atomic E-state index is 0.106. The summed E-state index contributed by atoms with van der Waals surface area (Å²) in [5, 5.41) is 0. The van der Waals surface area contributed by atoms with E-state index in [4.69, 9.17) is 19.1 Å². The number of aromatic nitrogens is 2. The van der Waals surface area contributed by atoms with Crippen LogP contribution in [0.3, 0.4) is 0 Å². The van der Waals surface area contributed by atoms with E-state index in [1.807, 2.05) is 38.4 Å². The van der Waals surface area contributed by atoms with Crippen molar-refractivity contribution in [2.45, 2.75) is 27.7 Å². The first kappa shape index (κ1) is 18.5. The quantitative estimate of drug-likeness (QED) is 0.604. The molecule has 0 aromatic carbocycles. The van der Waals surface area contributed by atoms with Gasteiger partial charge in [-0.05, 0) is 63.1 Å². The van der Waals surface area contributed by atoms with Gasteiger partial charge in [0.05, 0.1) is 0 Å². The predicted molar refractivity (Wildman–Crippen MR) is 79.1 cm³/mol. The summed E-state index contributed by atoms with van der Waals surface area (Å²) >= 11 is -0.106.